The molecule has 0 unspecified atom stereocenters. The topological polar surface area (TPSA) is 68.2 Å². The molecule has 0 saturated heterocycles. The maximum Gasteiger partial charge on any atom is 0.406 e. The Hall–Kier alpha value is -1.56. The first-order valence-corrected chi connectivity index (χ1v) is 8.35. The monoisotopic (exact) mass is 306 g/mol. The SMILES string of the molecule is COC(=O)NCCCn1nc([C@@H](C)NC2CC2)c2c1CCC2. The second-order valence-electron chi connectivity index (χ2n) is 6.32. The maximum atomic E-state index is 11.0. The number of nitrogens with one attached hydrogen (secondary N) is 2. The average Bonchev–Trinajstić information content (AvgIpc) is 3.07. The van der Waals surface area contributed by atoms with Crippen molar-refractivity contribution in [3.8, 4) is 0 Å². The summed E-state index contributed by atoms with van der Waals surface area (Å²) in [5, 5.41) is 11.2. The van der Waals surface area contributed by atoms with Crippen molar-refractivity contribution in [2.24, 2.45) is 0 Å². The van der Waals surface area contributed by atoms with Crippen molar-refractivity contribution in [3.63, 3.8) is 0 Å². The fourth-order valence-electron chi connectivity index (χ4n) is 3.25. The van der Waals surface area contributed by atoms with Gasteiger partial charge in [0.05, 0.1) is 12.8 Å². The highest BCUT2D eigenvalue weighted by molar-refractivity contribution is 5.66. The predicted molar refractivity (Wildman–Crippen MR) is 83.8 cm³/mol. The Morgan fingerprint density at radius 1 is 1.45 bits per heavy atom. The normalized spacial score (nSPS) is 18.1. The summed E-state index contributed by atoms with van der Waals surface area (Å²) in [6.07, 6.45) is 6.61. The second-order valence-corrected chi connectivity index (χ2v) is 6.32. The number of hydrogen-bond donors (Lipinski definition) is 2. The number of rotatable bonds is 7. The molecule has 6 heteroatoms. The minimum Gasteiger partial charge on any atom is -0.453 e. The number of alkyl carbamates (subject to hydrolysis) is 1. The Morgan fingerprint density at radius 2 is 2.27 bits per heavy atom. The van der Waals surface area contributed by atoms with Crippen molar-refractivity contribution in [2.75, 3.05) is 13.7 Å². The molecule has 0 bridgehead atoms. The first-order valence-electron chi connectivity index (χ1n) is 8.35. The van der Waals surface area contributed by atoms with Crippen LogP contribution in [-0.4, -0.2) is 35.6 Å². The molecule has 6 nitrogen and oxygen atoms in total. The van der Waals surface area contributed by atoms with Gasteiger partial charge in [0.1, 0.15) is 0 Å². The van der Waals surface area contributed by atoms with Crippen LogP contribution < -0.4 is 10.6 Å². The van der Waals surface area contributed by atoms with Crippen LogP contribution in [0, 0.1) is 0 Å². The Kier molecular flexibility index (Phi) is 4.66. The molecule has 1 amide bonds. The molecular formula is C16H26N4O2. The largest absolute Gasteiger partial charge is 0.453 e. The zero-order valence-electron chi connectivity index (χ0n) is 13.5. The standard InChI is InChI=1S/C16H26N4O2/c1-11(18-12-7-8-12)15-13-5-3-6-14(13)20(19-15)10-4-9-17-16(21)22-2/h11-12,18H,3-10H2,1-2H3,(H,17,21)/t11-/m1/s1. The molecule has 2 aliphatic carbocycles. The molecule has 1 heterocycles. The summed E-state index contributed by atoms with van der Waals surface area (Å²) in [4.78, 5) is 11.0. The quantitative estimate of drug-likeness (QED) is 0.755. The molecule has 1 aromatic heterocycles. The summed E-state index contributed by atoms with van der Waals surface area (Å²) in [5.74, 6) is 0. The number of carbonyl (C=O) groups excluding carboxylic acids is 1. The Bertz CT molecular complexity index is 536. The van der Waals surface area contributed by atoms with Gasteiger partial charge in [0.15, 0.2) is 0 Å². The van der Waals surface area contributed by atoms with E-state index >= 15 is 0 Å². The number of aryl methyl sites for hydroxylation is 1. The third kappa shape index (κ3) is 3.43. The van der Waals surface area contributed by atoms with Gasteiger partial charge in [0.25, 0.3) is 0 Å². The zero-order valence-corrected chi connectivity index (χ0v) is 13.5. The summed E-state index contributed by atoms with van der Waals surface area (Å²) < 4.78 is 6.73. The molecule has 1 atom stereocenters. The molecule has 0 aliphatic heterocycles. The van der Waals surface area contributed by atoms with E-state index in [1.54, 1.807) is 0 Å². The van der Waals surface area contributed by atoms with Crippen molar-refractivity contribution in [1.82, 2.24) is 20.4 Å². The summed E-state index contributed by atoms with van der Waals surface area (Å²) >= 11 is 0. The van der Waals surface area contributed by atoms with Crippen molar-refractivity contribution in [2.45, 2.75) is 64.1 Å². The first-order chi connectivity index (χ1) is 10.7. The molecule has 2 N–H and O–H groups in total. The summed E-state index contributed by atoms with van der Waals surface area (Å²) in [7, 11) is 1.39. The second kappa shape index (κ2) is 6.69. The van der Waals surface area contributed by atoms with Gasteiger partial charge in [-0.2, -0.15) is 5.10 Å². The number of nitrogens with zero attached hydrogens (tertiary/aromatic N) is 2. The molecule has 22 heavy (non-hydrogen) atoms. The molecule has 0 spiro atoms. The number of hydrogen-bond acceptors (Lipinski definition) is 4. The number of fused-ring (bicyclic) bond motifs is 1. The van der Waals surface area contributed by atoms with Crippen LogP contribution in [0.5, 0.6) is 0 Å². The molecule has 1 fully saturated rings. The lowest BCUT2D eigenvalue weighted by atomic mass is 10.1. The van der Waals surface area contributed by atoms with E-state index in [4.69, 9.17) is 5.10 Å². The highest BCUT2D eigenvalue weighted by Gasteiger charge is 2.29. The van der Waals surface area contributed by atoms with Crippen molar-refractivity contribution >= 4 is 6.09 Å². The van der Waals surface area contributed by atoms with E-state index in [1.165, 1.54) is 43.3 Å². The van der Waals surface area contributed by atoms with E-state index in [0.717, 1.165) is 25.8 Å². The fraction of sp³-hybridized carbons (Fsp3) is 0.750. The van der Waals surface area contributed by atoms with Gasteiger partial charge in [-0.25, -0.2) is 4.79 Å². The predicted octanol–water partition coefficient (Wildman–Crippen LogP) is 1.93. The first kappa shape index (κ1) is 15.3. The molecule has 1 saturated carbocycles. The van der Waals surface area contributed by atoms with Gasteiger partial charge in [-0.3, -0.25) is 4.68 Å². The van der Waals surface area contributed by atoms with Gasteiger partial charge < -0.3 is 15.4 Å². The minimum absolute atomic E-state index is 0.341. The van der Waals surface area contributed by atoms with Gasteiger partial charge in [0, 0.05) is 30.9 Å². The third-order valence-corrected chi connectivity index (χ3v) is 4.51. The summed E-state index contributed by atoms with van der Waals surface area (Å²) in [5.41, 5.74) is 4.10. The van der Waals surface area contributed by atoms with Crippen molar-refractivity contribution in [1.29, 1.82) is 0 Å². The van der Waals surface area contributed by atoms with Gasteiger partial charge in [-0.15, -0.1) is 0 Å². The smallest absolute Gasteiger partial charge is 0.406 e. The third-order valence-electron chi connectivity index (χ3n) is 4.51. The van der Waals surface area contributed by atoms with Crippen LogP contribution in [0.3, 0.4) is 0 Å². The Balaban J connectivity index is 1.60. The lowest BCUT2D eigenvalue weighted by Gasteiger charge is -2.12. The highest BCUT2D eigenvalue weighted by Crippen LogP contribution is 2.31. The van der Waals surface area contributed by atoms with Crippen LogP contribution in [0.2, 0.25) is 0 Å². The molecule has 0 radical (unpaired) electrons. The van der Waals surface area contributed by atoms with Gasteiger partial charge in [-0.05, 0) is 51.0 Å². The number of methoxy groups -OCH3 is 1. The average molecular weight is 306 g/mol. The van der Waals surface area contributed by atoms with Crippen LogP contribution in [0.4, 0.5) is 4.79 Å². The molecule has 1 aromatic rings. The van der Waals surface area contributed by atoms with E-state index in [-0.39, 0.29) is 6.09 Å². The lowest BCUT2D eigenvalue weighted by Crippen LogP contribution is -2.25. The Labute approximate surface area is 131 Å². The van der Waals surface area contributed by atoms with E-state index in [9.17, 15) is 4.79 Å². The summed E-state index contributed by atoms with van der Waals surface area (Å²) in [6.45, 7) is 3.69. The van der Waals surface area contributed by atoms with Crippen LogP contribution >= 0.6 is 0 Å². The number of amides is 1. The molecule has 2 aliphatic rings. The minimum atomic E-state index is -0.367. The van der Waals surface area contributed by atoms with Gasteiger partial charge >= 0.3 is 6.09 Å². The van der Waals surface area contributed by atoms with Crippen LogP contribution in [0.25, 0.3) is 0 Å². The number of carbonyl (C=O) groups is 1. The summed E-state index contributed by atoms with van der Waals surface area (Å²) in [6, 6.07) is 1.04. The van der Waals surface area contributed by atoms with E-state index in [2.05, 4.69) is 27.0 Å². The Morgan fingerprint density at radius 3 is 3.00 bits per heavy atom. The maximum absolute atomic E-state index is 11.0. The van der Waals surface area contributed by atoms with Crippen LogP contribution in [0.1, 0.15) is 55.6 Å². The van der Waals surface area contributed by atoms with Crippen LogP contribution in [-0.2, 0) is 24.1 Å². The highest BCUT2D eigenvalue weighted by atomic mass is 16.5. The zero-order chi connectivity index (χ0) is 15.5. The number of ether oxygens (including phenoxy) is 1. The fourth-order valence-corrected chi connectivity index (χ4v) is 3.25. The van der Waals surface area contributed by atoms with E-state index in [1.807, 2.05) is 0 Å². The van der Waals surface area contributed by atoms with Crippen molar-refractivity contribution in [3.05, 3.63) is 17.0 Å². The van der Waals surface area contributed by atoms with Crippen molar-refractivity contribution < 1.29 is 9.53 Å². The molecule has 3 rings (SSSR count). The molecular weight excluding hydrogens is 280 g/mol. The van der Waals surface area contributed by atoms with Gasteiger partial charge in [-0.1, -0.05) is 0 Å². The van der Waals surface area contributed by atoms with E-state index in [0.29, 0.717) is 18.6 Å². The molecule has 0 aromatic carbocycles. The lowest BCUT2D eigenvalue weighted by molar-refractivity contribution is 0.170. The van der Waals surface area contributed by atoms with E-state index < -0.39 is 0 Å². The number of aromatic nitrogens is 2. The van der Waals surface area contributed by atoms with Crippen LogP contribution in [0.15, 0.2) is 0 Å². The van der Waals surface area contributed by atoms with Gasteiger partial charge in [0.2, 0.25) is 0 Å². The molecule has 122 valence electrons.